The second kappa shape index (κ2) is 8.87. The summed E-state index contributed by atoms with van der Waals surface area (Å²) in [5.41, 5.74) is 4.20. The average Bonchev–Trinajstić information content (AvgIpc) is 3.52. The number of nitrogens with one attached hydrogen (secondary N) is 1. The molecule has 180 valence electrons. The lowest BCUT2D eigenvalue weighted by Gasteiger charge is -2.29. The molecule has 2 heterocycles. The Morgan fingerprint density at radius 2 is 1.80 bits per heavy atom. The first-order valence-corrected chi connectivity index (χ1v) is 12.2. The number of rotatable bonds is 8. The smallest absolute Gasteiger partial charge is 0.255 e. The predicted molar refractivity (Wildman–Crippen MR) is 128 cm³/mol. The maximum atomic E-state index is 13.0. The Morgan fingerprint density at radius 1 is 1.06 bits per heavy atom. The van der Waals surface area contributed by atoms with E-state index in [9.17, 15) is 24.0 Å². The molecular formula is C28H28N2O5. The van der Waals surface area contributed by atoms with Gasteiger partial charge in [-0.25, -0.2) is 0 Å². The predicted octanol–water partition coefficient (Wildman–Crippen LogP) is 3.27. The number of imide groups is 1. The highest BCUT2D eigenvalue weighted by Gasteiger charge is 2.40. The van der Waals surface area contributed by atoms with Gasteiger partial charge in [-0.1, -0.05) is 43.3 Å². The number of hydrogen-bond donors (Lipinski definition) is 1. The lowest BCUT2D eigenvalue weighted by atomic mass is 9.94. The fraction of sp³-hybridized carbons (Fsp3) is 0.393. The summed E-state index contributed by atoms with van der Waals surface area (Å²) < 4.78 is 0. The number of carbonyl (C=O) groups is 5. The van der Waals surface area contributed by atoms with Crippen LogP contribution in [0, 0.1) is 0 Å². The number of amides is 3. The van der Waals surface area contributed by atoms with Gasteiger partial charge < -0.3 is 4.90 Å². The minimum Gasteiger partial charge on any atom is -0.322 e. The summed E-state index contributed by atoms with van der Waals surface area (Å²) in [6.45, 7) is 2.50. The third kappa shape index (κ3) is 4.43. The Bertz CT molecular complexity index is 1240. The fourth-order valence-corrected chi connectivity index (χ4v) is 5.10. The van der Waals surface area contributed by atoms with E-state index in [0.29, 0.717) is 36.9 Å². The van der Waals surface area contributed by atoms with E-state index in [2.05, 4.69) is 12.2 Å². The van der Waals surface area contributed by atoms with Gasteiger partial charge in [0, 0.05) is 30.5 Å². The van der Waals surface area contributed by atoms with Crippen molar-refractivity contribution in [3.63, 3.8) is 0 Å². The quantitative estimate of drug-likeness (QED) is 0.361. The molecule has 3 amide bonds. The van der Waals surface area contributed by atoms with Crippen LogP contribution >= 0.6 is 0 Å². The van der Waals surface area contributed by atoms with E-state index in [4.69, 9.17) is 0 Å². The summed E-state index contributed by atoms with van der Waals surface area (Å²) in [6.07, 6.45) is 4.00. The van der Waals surface area contributed by atoms with Gasteiger partial charge in [-0.3, -0.25) is 29.3 Å². The molecule has 1 unspecified atom stereocenters. The second-order valence-corrected chi connectivity index (χ2v) is 10.1. The Morgan fingerprint density at radius 3 is 2.49 bits per heavy atom. The number of aryl methyl sites for hydroxylation is 1. The fourth-order valence-electron chi connectivity index (χ4n) is 5.10. The van der Waals surface area contributed by atoms with Crippen LogP contribution in [-0.2, 0) is 32.8 Å². The summed E-state index contributed by atoms with van der Waals surface area (Å²) in [6, 6.07) is 12.2. The van der Waals surface area contributed by atoms with Gasteiger partial charge in [0.2, 0.25) is 23.4 Å². The Hall–Kier alpha value is -3.61. The molecule has 7 nitrogen and oxygen atoms in total. The van der Waals surface area contributed by atoms with E-state index in [0.717, 1.165) is 24.0 Å². The number of hydrogen-bond acceptors (Lipinski definition) is 5. The van der Waals surface area contributed by atoms with Crippen LogP contribution in [0.1, 0.15) is 82.9 Å². The molecular weight excluding hydrogens is 444 g/mol. The normalized spacial score (nSPS) is 20.4. The first-order chi connectivity index (χ1) is 16.8. The minimum atomic E-state index is -0.659. The average molecular weight is 473 g/mol. The summed E-state index contributed by atoms with van der Waals surface area (Å²) >= 11 is 0. The van der Waals surface area contributed by atoms with Crippen molar-refractivity contribution in [1.29, 1.82) is 0 Å². The van der Waals surface area contributed by atoms with Crippen molar-refractivity contribution in [2.45, 2.75) is 69.9 Å². The first-order valence-electron chi connectivity index (χ1n) is 12.2. The Labute approximate surface area is 203 Å². The molecule has 2 fully saturated rings. The topological polar surface area (TPSA) is 101 Å². The SMILES string of the molecule is CC1(c2ccc(C(=O)C(=O)CCCc3cccc4c3CN(C3CCC(=O)NC3=O)C4=O)cc2)CC1. The summed E-state index contributed by atoms with van der Waals surface area (Å²) in [4.78, 5) is 63.4. The van der Waals surface area contributed by atoms with Gasteiger partial charge in [-0.05, 0) is 60.3 Å². The molecule has 1 atom stereocenters. The number of piperidine rings is 1. The summed E-state index contributed by atoms with van der Waals surface area (Å²) in [5.74, 6) is -1.85. The molecule has 35 heavy (non-hydrogen) atoms. The molecule has 7 heteroatoms. The molecule has 1 saturated heterocycles. The molecule has 0 spiro atoms. The number of fused-ring (bicyclic) bond motifs is 1. The lowest BCUT2D eigenvalue weighted by Crippen LogP contribution is -2.52. The van der Waals surface area contributed by atoms with Gasteiger partial charge in [-0.15, -0.1) is 0 Å². The van der Waals surface area contributed by atoms with Crippen molar-refractivity contribution in [3.8, 4) is 0 Å². The van der Waals surface area contributed by atoms with Crippen LogP contribution in [-0.4, -0.2) is 40.2 Å². The van der Waals surface area contributed by atoms with E-state index in [1.165, 1.54) is 10.5 Å². The van der Waals surface area contributed by atoms with Gasteiger partial charge in [-0.2, -0.15) is 0 Å². The van der Waals surface area contributed by atoms with Crippen LogP contribution in [0.5, 0.6) is 0 Å². The zero-order valence-corrected chi connectivity index (χ0v) is 19.8. The highest BCUT2D eigenvalue weighted by Crippen LogP contribution is 2.47. The molecule has 2 aromatic carbocycles. The van der Waals surface area contributed by atoms with E-state index >= 15 is 0 Å². The molecule has 0 aromatic heterocycles. The van der Waals surface area contributed by atoms with Crippen molar-refractivity contribution < 1.29 is 24.0 Å². The standard InChI is InChI=1S/C28H28N2O5/c1-28(14-15-28)19-10-8-18(9-11-19)25(33)23(31)7-3-5-17-4-2-6-20-21(17)16-30(27(20)35)22-12-13-24(32)29-26(22)34/h2,4,6,8-11,22H,3,5,7,12-16H2,1H3,(H,29,32,34). The number of Topliss-reactive ketones (excluding diaryl/α,β-unsaturated/α-hetero) is 2. The second-order valence-electron chi connectivity index (χ2n) is 10.1. The monoisotopic (exact) mass is 472 g/mol. The molecule has 1 aliphatic carbocycles. The molecule has 0 bridgehead atoms. The molecule has 5 rings (SSSR count). The zero-order valence-electron chi connectivity index (χ0n) is 19.8. The molecule has 3 aliphatic rings. The van der Waals surface area contributed by atoms with Crippen LogP contribution in [0.2, 0.25) is 0 Å². The number of carbonyl (C=O) groups excluding carboxylic acids is 5. The summed E-state index contributed by atoms with van der Waals surface area (Å²) in [7, 11) is 0. The van der Waals surface area contributed by atoms with Crippen LogP contribution in [0.15, 0.2) is 42.5 Å². The summed E-state index contributed by atoms with van der Waals surface area (Å²) in [5, 5.41) is 2.31. The van der Waals surface area contributed by atoms with Crippen molar-refractivity contribution in [2.75, 3.05) is 0 Å². The van der Waals surface area contributed by atoms with Crippen LogP contribution in [0.25, 0.3) is 0 Å². The maximum Gasteiger partial charge on any atom is 0.255 e. The molecule has 1 N–H and O–H groups in total. The van der Waals surface area contributed by atoms with E-state index < -0.39 is 23.5 Å². The first kappa shape index (κ1) is 23.1. The molecule has 1 saturated carbocycles. The largest absolute Gasteiger partial charge is 0.322 e. The third-order valence-corrected chi connectivity index (χ3v) is 7.63. The van der Waals surface area contributed by atoms with Crippen LogP contribution in [0.4, 0.5) is 0 Å². The molecule has 2 aromatic rings. The minimum absolute atomic E-state index is 0.132. The van der Waals surface area contributed by atoms with Gasteiger partial charge in [0.1, 0.15) is 6.04 Å². The van der Waals surface area contributed by atoms with Crippen LogP contribution < -0.4 is 5.32 Å². The van der Waals surface area contributed by atoms with Gasteiger partial charge in [0.05, 0.1) is 0 Å². The Kier molecular flexibility index (Phi) is 5.87. The highest BCUT2D eigenvalue weighted by atomic mass is 16.2. The maximum absolute atomic E-state index is 13.0. The van der Waals surface area contributed by atoms with E-state index in [1.54, 1.807) is 24.3 Å². The molecule has 0 radical (unpaired) electrons. The van der Waals surface area contributed by atoms with E-state index in [1.807, 2.05) is 18.2 Å². The molecule has 2 aliphatic heterocycles. The zero-order chi connectivity index (χ0) is 24.7. The van der Waals surface area contributed by atoms with Gasteiger partial charge in [0.15, 0.2) is 0 Å². The lowest BCUT2D eigenvalue weighted by molar-refractivity contribution is -0.137. The van der Waals surface area contributed by atoms with Crippen molar-refractivity contribution >= 4 is 29.3 Å². The van der Waals surface area contributed by atoms with Crippen molar-refractivity contribution in [3.05, 3.63) is 70.3 Å². The van der Waals surface area contributed by atoms with Crippen molar-refractivity contribution in [2.24, 2.45) is 0 Å². The number of nitrogens with zero attached hydrogens (tertiary/aromatic N) is 1. The van der Waals surface area contributed by atoms with Crippen molar-refractivity contribution in [1.82, 2.24) is 10.2 Å². The number of ketones is 2. The Balaban J connectivity index is 1.20. The highest BCUT2D eigenvalue weighted by molar-refractivity contribution is 6.43. The van der Waals surface area contributed by atoms with Gasteiger partial charge in [0.25, 0.3) is 5.91 Å². The van der Waals surface area contributed by atoms with Crippen LogP contribution in [0.3, 0.4) is 0 Å². The third-order valence-electron chi connectivity index (χ3n) is 7.63. The van der Waals surface area contributed by atoms with E-state index in [-0.39, 0.29) is 30.1 Å². The van der Waals surface area contributed by atoms with Gasteiger partial charge >= 0.3 is 0 Å². The number of benzene rings is 2.